The van der Waals surface area contributed by atoms with Crippen LogP contribution in [-0.4, -0.2) is 62.1 Å². The maximum absolute atomic E-state index is 4.69. The zero-order valence-electron chi connectivity index (χ0n) is 12.0. The quantitative estimate of drug-likeness (QED) is 0.416. The van der Waals surface area contributed by atoms with E-state index in [2.05, 4.69) is 35.6 Å². The molecule has 0 radical (unpaired) electrons. The molecule has 1 aliphatic heterocycles. The van der Waals surface area contributed by atoms with E-state index in [4.69, 9.17) is 4.99 Å². The first-order valence-electron chi connectivity index (χ1n) is 7.03. The maximum Gasteiger partial charge on any atom is 0.191 e. The first-order valence-corrected chi connectivity index (χ1v) is 8.43. The molecule has 1 fully saturated rings. The van der Waals surface area contributed by atoms with Gasteiger partial charge < -0.3 is 15.5 Å². The summed E-state index contributed by atoms with van der Waals surface area (Å²) >= 11 is 1.86. The zero-order valence-corrected chi connectivity index (χ0v) is 12.9. The van der Waals surface area contributed by atoms with Gasteiger partial charge in [-0.25, -0.2) is 0 Å². The van der Waals surface area contributed by atoms with E-state index in [9.17, 15) is 0 Å². The molecule has 1 atom stereocenters. The van der Waals surface area contributed by atoms with Crippen LogP contribution in [0.1, 0.15) is 20.3 Å². The molecule has 1 unspecified atom stereocenters. The Bertz CT molecular complexity index is 245. The fourth-order valence-corrected chi connectivity index (χ4v) is 2.49. The van der Waals surface area contributed by atoms with Crippen molar-refractivity contribution in [2.45, 2.75) is 20.3 Å². The van der Waals surface area contributed by atoms with E-state index >= 15 is 0 Å². The van der Waals surface area contributed by atoms with Gasteiger partial charge >= 0.3 is 0 Å². The predicted molar refractivity (Wildman–Crippen MR) is 82.6 cm³/mol. The van der Waals surface area contributed by atoms with Crippen molar-refractivity contribution in [1.82, 2.24) is 15.5 Å². The van der Waals surface area contributed by atoms with Crippen LogP contribution in [0.4, 0.5) is 0 Å². The number of thioether (sulfide) groups is 1. The first kappa shape index (κ1) is 15.6. The summed E-state index contributed by atoms with van der Waals surface area (Å²) in [4.78, 5) is 7.20. The van der Waals surface area contributed by atoms with E-state index in [-0.39, 0.29) is 0 Å². The Morgan fingerprint density at radius 3 is 2.83 bits per heavy atom. The highest BCUT2D eigenvalue weighted by atomic mass is 32.2. The second-order valence-electron chi connectivity index (χ2n) is 4.69. The monoisotopic (exact) mass is 272 g/mol. The van der Waals surface area contributed by atoms with Gasteiger partial charge in [0, 0.05) is 31.9 Å². The van der Waals surface area contributed by atoms with E-state index in [0.717, 1.165) is 37.3 Å². The van der Waals surface area contributed by atoms with Crippen molar-refractivity contribution in [2.24, 2.45) is 10.9 Å². The molecule has 106 valence electrons. The number of guanidine groups is 1. The molecule has 0 aliphatic carbocycles. The normalized spacial score (nSPS) is 21.3. The fraction of sp³-hybridized carbons (Fsp3) is 0.923. The molecular weight excluding hydrogens is 244 g/mol. The van der Waals surface area contributed by atoms with Gasteiger partial charge in [0.05, 0.1) is 0 Å². The summed E-state index contributed by atoms with van der Waals surface area (Å²) in [6.07, 6.45) is 3.42. The van der Waals surface area contributed by atoms with Crippen molar-refractivity contribution in [3.63, 3.8) is 0 Å². The van der Waals surface area contributed by atoms with Gasteiger partial charge in [-0.2, -0.15) is 11.8 Å². The number of nitrogens with one attached hydrogen (secondary N) is 2. The van der Waals surface area contributed by atoms with Crippen LogP contribution in [0.3, 0.4) is 0 Å². The van der Waals surface area contributed by atoms with Crippen molar-refractivity contribution >= 4 is 17.7 Å². The Hall–Kier alpha value is -0.420. The molecule has 1 rings (SSSR count). The van der Waals surface area contributed by atoms with Crippen LogP contribution >= 0.6 is 11.8 Å². The summed E-state index contributed by atoms with van der Waals surface area (Å²) in [6, 6.07) is 0. The minimum atomic E-state index is 0.737. The van der Waals surface area contributed by atoms with Crippen LogP contribution in [0.2, 0.25) is 0 Å². The van der Waals surface area contributed by atoms with Crippen LogP contribution in [0, 0.1) is 5.92 Å². The lowest BCUT2D eigenvalue weighted by molar-refractivity contribution is 0.343. The number of nitrogens with zero attached hydrogens (tertiary/aromatic N) is 2. The summed E-state index contributed by atoms with van der Waals surface area (Å²) in [7, 11) is 0. The molecule has 0 saturated carbocycles. The van der Waals surface area contributed by atoms with Crippen LogP contribution in [0.15, 0.2) is 4.99 Å². The minimum absolute atomic E-state index is 0.737. The molecule has 0 aromatic heterocycles. The Labute approximate surface area is 116 Å². The van der Waals surface area contributed by atoms with E-state index in [0.29, 0.717) is 0 Å². The van der Waals surface area contributed by atoms with E-state index < -0.39 is 0 Å². The molecule has 2 N–H and O–H groups in total. The largest absolute Gasteiger partial charge is 0.357 e. The third kappa shape index (κ3) is 5.96. The lowest BCUT2D eigenvalue weighted by Gasteiger charge is -2.13. The average molecular weight is 272 g/mol. The van der Waals surface area contributed by atoms with Gasteiger partial charge in [-0.05, 0) is 38.6 Å². The molecule has 1 aliphatic rings. The minimum Gasteiger partial charge on any atom is -0.357 e. The van der Waals surface area contributed by atoms with Gasteiger partial charge in [0.2, 0.25) is 0 Å². The number of rotatable bonds is 7. The van der Waals surface area contributed by atoms with Gasteiger partial charge in [-0.1, -0.05) is 6.92 Å². The van der Waals surface area contributed by atoms with E-state index in [1.54, 1.807) is 0 Å². The first-order chi connectivity index (χ1) is 8.80. The maximum atomic E-state index is 4.69. The van der Waals surface area contributed by atoms with Crippen LogP contribution in [-0.2, 0) is 0 Å². The molecule has 1 heterocycles. The molecule has 0 aromatic carbocycles. The average Bonchev–Trinajstić information content (AvgIpc) is 2.84. The lowest BCUT2D eigenvalue weighted by atomic mass is 10.1. The van der Waals surface area contributed by atoms with Crippen molar-refractivity contribution in [2.75, 3.05) is 51.3 Å². The number of likely N-dealkylation sites (tertiary alicyclic amines) is 1. The lowest BCUT2D eigenvalue weighted by Crippen LogP contribution is -2.38. The highest BCUT2D eigenvalue weighted by Crippen LogP contribution is 2.15. The van der Waals surface area contributed by atoms with Crippen molar-refractivity contribution in [1.29, 1.82) is 0 Å². The second kappa shape index (κ2) is 9.50. The predicted octanol–water partition coefficient (Wildman–Crippen LogP) is 1.25. The summed E-state index contributed by atoms with van der Waals surface area (Å²) < 4.78 is 0. The standard InChI is InChI=1S/C13H28N4S/c1-4-14-13(15-7-9-18-3)16-10-12-6-8-17(5-2)11-12/h12H,4-11H2,1-3H3,(H2,14,15,16). The van der Waals surface area contributed by atoms with Gasteiger partial charge in [-0.15, -0.1) is 0 Å². The van der Waals surface area contributed by atoms with Gasteiger partial charge in [0.25, 0.3) is 0 Å². The zero-order chi connectivity index (χ0) is 13.2. The smallest absolute Gasteiger partial charge is 0.191 e. The Kier molecular flexibility index (Phi) is 8.25. The SMILES string of the molecule is CCNC(=NCC1CCN(CC)C1)NCCSC. The third-order valence-electron chi connectivity index (χ3n) is 3.27. The number of aliphatic imine (C=N–C) groups is 1. The highest BCUT2D eigenvalue weighted by Gasteiger charge is 2.20. The molecule has 5 heteroatoms. The summed E-state index contributed by atoms with van der Waals surface area (Å²) in [6.45, 7) is 10.8. The topological polar surface area (TPSA) is 39.7 Å². The second-order valence-corrected chi connectivity index (χ2v) is 5.67. The van der Waals surface area contributed by atoms with Crippen LogP contribution in [0.25, 0.3) is 0 Å². The van der Waals surface area contributed by atoms with Gasteiger partial charge in [-0.3, -0.25) is 4.99 Å². The number of hydrogen-bond donors (Lipinski definition) is 2. The molecule has 1 saturated heterocycles. The van der Waals surface area contributed by atoms with E-state index in [1.165, 1.54) is 26.1 Å². The molecule has 0 amide bonds. The van der Waals surface area contributed by atoms with E-state index in [1.807, 2.05) is 11.8 Å². The Morgan fingerprint density at radius 1 is 1.39 bits per heavy atom. The highest BCUT2D eigenvalue weighted by molar-refractivity contribution is 7.98. The summed E-state index contributed by atoms with van der Waals surface area (Å²) in [5.74, 6) is 2.83. The molecule has 0 bridgehead atoms. The van der Waals surface area contributed by atoms with Crippen molar-refractivity contribution < 1.29 is 0 Å². The van der Waals surface area contributed by atoms with Crippen LogP contribution in [0.5, 0.6) is 0 Å². The number of hydrogen-bond acceptors (Lipinski definition) is 3. The summed E-state index contributed by atoms with van der Waals surface area (Å²) in [5, 5.41) is 6.68. The van der Waals surface area contributed by atoms with Crippen molar-refractivity contribution in [3.05, 3.63) is 0 Å². The fourth-order valence-electron chi connectivity index (χ4n) is 2.18. The molecular formula is C13H28N4S. The summed E-state index contributed by atoms with van der Waals surface area (Å²) in [5.41, 5.74) is 0. The Balaban J connectivity index is 2.30. The third-order valence-corrected chi connectivity index (χ3v) is 3.88. The van der Waals surface area contributed by atoms with Crippen LogP contribution < -0.4 is 10.6 Å². The van der Waals surface area contributed by atoms with Gasteiger partial charge in [0.1, 0.15) is 0 Å². The molecule has 18 heavy (non-hydrogen) atoms. The molecule has 0 aromatic rings. The van der Waals surface area contributed by atoms with Crippen molar-refractivity contribution in [3.8, 4) is 0 Å². The Morgan fingerprint density at radius 2 is 2.22 bits per heavy atom. The molecule has 4 nitrogen and oxygen atoms in total. The molecule has 0 spiro atoms. The van der Waals surface area contributed by atoms with Gasteiger partial charge in [0.15, 0.2) is 5.96 Å².